The first kappa shape index (κ1) is 25.7. The average molecular weight is 494 g/mol. The van der Waals surface area contributed by atoms with E-state index in [0.29, 0.717) is 33.8 Å². The van der Waals surface area contributed by atoms with Gasteiger partial charge in [0.15, 0.2) is 10.9 Å². The molecule has 1 fully saturated rings. The number of nitrogens with zero attached hydrogens (tertiary/aromatic N) is 3. The lowest BCUT2D eigenvalue weighted by Crippen LogP contribution is -2.35. The molecule has 0 spiro atoms. The minimum atomic E-state index is 0.0170. The van der Waals surface area contributed by atoms with Crippen molar-refractivity contribution in [2.24, 2.45) is 17.8 Å². The van der Waals surface area contributed by atoms with Crippen molar-refractivity contribution in [2.75, 3.05) is 5.75 Å². The Morgan fingerprint density at radius 3 is 2.66 bits per heavy atom. The quantitative estimate of drug-likeness (QED) is 0.196. The fourth-order valence-corrected chi connectivity index (χ4v) is 6.40. The predicted molar refractivity (Wildman–Crippen MR) is 146 cm³/mol. The first-order valence-corrected chi connectivity index (χ1v) is 14.0. The van der Waals surface area contributed by atoms with Crippen LogP contribution in [0.5, 0.6) is 0 Å². The molecule has 1 aromatic carbocycles. The Kier molecular flexibility index (Phi) is 7.89. The molecule has 0 bridgehead atoms. The van der Waals surface area contributed by atoms with E-state index < -0.39 is 0 Å². The molecule has 5 nitrogen and oxygen atoms in total. The van der Waals surface area contributed by atoms with Crippen molar-refractivity contribution in [1.82, 2.24) is 14.1 Å². The van der Waals surface area contributed by atoms with Gasteiger partial charge in [-0.15, -0.1) is 0 Å². The molecule has 4 rings (SSSR count). The fraction of sp³-hybridized carbons (Fsp3) is 0.552. The van der Waals surface area contributed by atoms with Crippen molar-refractivity contribution in [2.45, 2.75) is 85.0 Å². The Hall–Kier alpha value is -2.34. The number of ketones is 1. The third-order valence-electron chi connectivity index (χ3n) is 7.91. The number of Topliss-reactive ketones (excluding diaryl/α,β-unsaturated/α-hetero) is 1. The molecular weight excluding hydrogens is 454 g/mol. The van der Waals surface area contributed by atoms with Crippen molar-refractivity contribution in [1.29, 1.82) is 0 Å². The standard InChI is InChI=1S/C29H39N3O2S/c1-18(2)14-15-31-20(4)16-24(22(31)6)27(33)17-35-29-30-25-12-8-7-11-23(25)28(34)32(29)26-13-9-10-19(3)21(26)5/h7-8,11-12,16,18-19,21,26H,9-10,13-15,17H2,1-6H3/t19-,21-,26-/m0/s1. The summed E-state index contributed by atoms with van der Waals surface area (Å²) in [6.07, 6.45) is 4.37. The van der Waals surface area contributed by atoms with E-state index >= 15 is 0 Å². The Morgan fingerprint density at radius 2 is 1.91 bits per heavy atom. The highest BCUT2D eigenvalue weighted by Gasteiger charge is 2.31. The zero-order valence-corrected chi connectivity index (χ0v) is 22.8. The van der Waals surface area contributed by atoms with Gasteiger partial charge in [-0.1, -0.05) is 64.4 Å². The molecule has 2 aromatic heterocycles. The number of carbonyl (C=O) groups excluding carboxylic acids is 1. The molecule has 0 N–H and O–H groups in total. The first-order chi connectivity index (χ1) is 16.7. The van der Waals surface area contributed by atoms with Gasteiger partial charge in [-0.2, -0.15) is 0 Å². The van der Waals surface area contributed by atoms with Gasteiger partial charge in [0.2, 0.25) is 0 Å². The predicted octanol–water partition coefficient (Wildman–Crippen LogP) is 6.83. The van der Waals surface area contributed by atoms with Crippen molar-refractivity contribution in [3.63, 3.8) is 0 Å². The smallest absolute Gasteiger partial charge is 0.262 e. The van der Waals surface area contributed by atoms with Crippen LogP contribution < -0.4 is 5.56 Å². The molecule has 188 valence electrons. The second-order valence-electron chi connectivity index (χ2n) is 10.8. The summed E-state index contributed by atoms with van der Waals surface area (Å²) in [5.41, 5.74) is 3.66. The molecule has 35 heavy (non-hydrogen) atoms. The highest BCUT2D eigenvalue weighted by Crippen LogP contribution is 2.39. The van der Waals surface area contributed by atoms with Crippen LogP contribution in [0, 0.1) is 31.6 Å². The van der Waals surface area contributed by atoms with E-state index in [1.165, 1.54) is 18.2 Å². The van der Waals surface area contributed by atoms with Gasteiger partial charge < -0.3 is 4.57 Å². The number of thioether (sulfide) groups is 1. The Labute approximate surface area is 213 Å². The van der Waals surface area contributed by atoms with E-state index in [1.807, 2.05) is 41.8 Å². The lowest BCUT2D eigenvalue weighted by Gasteiger charge is -2.36. The maximum absolute atomic E-state index is 13.7. The highest BCUT2D eigenvalue weighted by molar-refractivity contribution is 7.99. The Bertz CT molecular complexity index is 1270. The normalized spacial score (nSPS) is 20.6. The van der Waals surface area contributed by atoms with Gasteiger partial charge in [-0.3, -0.25) is 14.2 Å². The molecule has 1 aliphatic carbocycles. The zero-order chi connectivity index (χ0) is 25.3. The van der Waals surface area contributed by atoms with Gasteiger partial charge in [0.05, 0.1) is 16.7 Å². The van der Waals surface area contributed by atoms with Crippen molar-refractivity contribution in [3.05, 3.63) is 57.6 Å². The minimum Gasteiger partial charge on any atom is -0.348 e. The molecule has 0 amide bonds. The van der Waals surface area contributed by atoms with E-state index in [-0.39, 0.29) is 23.1 Å². The molecule has 1 aliphatic rings. The monoisotopic (exact) mass is 493 g/mol. The number of carbonyl (C=O) groups is 1. The van der Waals surface area contributed by atoms with Crippen molar-refractivity contribution in [3.8, 4) is 0 Å². The molecule has 0 aliphatic heterocycles. The summed E-state index contributed by atoms with van der Waals surface area (Å²) in [5, 5.41) is 1.32. The summed E-state index contributed by atoms with van der Waals surface area (Å²) in [5.74, 6) is 1.93. The number of hydrogen-bond donors (Lipinski definition) is 0. The van der Waals surface area contributed by atoms with Crippen LogP contribution in [0.15, 0.2) is 40.3 Å². The maximum Gasteiger partial charge on any atom is 0.262 e. The highest BCUT2D eigenvalue weighted by atomic mass is 32.2. The van der Waals surface area contributed by atoms with Crippen LogP contribution in [0.1, 0.15) is 81.2 Å². The number of benzene rings is 1. The third-order valence-corrected chi connectivity index (χ3v) is 8.86. The summed E-state index contributed by atoms with van der Waals surface area (Å²) in [4.78, 5) is 31.9. The van der Waals surface area contributed by atoms with E-state index in [0.717, 1.165) is 42.8 Å². The van der Waals surface area contributed by atoms with Crippen LogP contribution in [-0.2, 0) is 6.54 Å². The molecule has 0 unspecified atom stereocenters. The van der Waals surface area contributed by atoms with E-state index in [9.17, 15) is 9.59 Å². The van der Waals surface area contributed by atoms with Crippen LogP contribution >= 0.6 is 11.8 Å². The fourth-order valence-electron chi connectivity index (χ4n) is 5.46. The Morgan fingerprint density at radius 1 is 1.17 bits per heavy atom. The second-order valence-corrected chi connectivity index (χ2v) is 11.7. The van der Waals surface area contributed by atoms with Gasteiger partial charge in [-0.25, -0.2) is 4.98 Å². The molecule has 2 heterocycles. The van der Waals surface area contributed by atoms with E-state index in [1.54, 1.807) is 0 Å². The topological polar surface area (TPSA) is 56.9 Å². The Balaban J connectivity index is 1.65. The minimum absolute atomic E-state index is 0.0170. The molecular formula is C29H39N3O2S. The van der Waals surface area contributed by atoms with Crippen LogP contribution in [0.25, 0.3) is 10.9 Å². The molecule has 1 saturated carbocycles. The molecule has 3 atom stereocenters. The molecule has 3 aromatic rings. The maximum atomic E-state index is 13.7. The molecule has 6 heteroatoms. The number of aromatic nitrogens is 3. The summed E-state index contributed by atoms with van der Waals surface area (Å²) >= 11 is 1.41. The lowest BCUT2D eigenvalue weighted by molar-refractivity contribution is 0.102. The summed E-state index contributed by atoms with van der Waals surface area (Å²) < 4.78 is 4.17. The van der Waals surface area contributed by atoms with Gasteiger partial charge >= 0.3 is 0 Å². The number of fused-ring (bicyclic) bond motifs is 1. The lowest BCUT2D eigenvalue weighted by atomic mass is 9.78. The zero-order valence-electron chi connectivity index (χ0n) is 22.0. The third kappa shape index (κ3) is 5.28. The van der Waals surface area contributed by atoms with Crippen LogP contribution in [0.4, 0.5) is 0 Å². The second kappa shape index (κ2) is 10.7. The number of hydrogen-bond acceptors (Lipinski definition) is 4. The number of aryl methyl sites for hydroxylation is 1. The van der Waals surface area contributed by atoms with E-state index in [4.69, 9.17) is 4.98 Å². The average Bonchev–Trinajstić information content (AvgIpc) is 3.11. The van der Waals surface area contributed by atoms with Gasteiger partial charge in [0, 0.05) is 29.5 Å². The SMILES string of the molecule is Cc1cc(C(=O)CSc2nc3ccccc3c(=O)n2[C@H]2CCC[C@H](C)[C@@H]2C)c(C)n1CCC(C)C. The molecule has 0 radical (unpaired) electrons. The van der Waals surface area contributed by atoms with Gasteiger partial charge in [-0.05, 0) is 62.6 Å². The molecule has 0 saturated heterocycles. The number of rotatable bonds is 8. The van der Waals surface area contributed by atoms with Gasteiger partial charge in [0.25, 0.3) is 5.56 Å². The summed E-state index contributed by atoms with van der Waals surface area (Å²) in [7, 11) is 0. The summed E-state index contributed by atoms with van der Waals surface area (Å²) in [6.45, 7) is 14.0. The summed E-state index contributed by atoms with van der Waals surface area (Å²) in [6, 6.07) is 9.70. The van der Waals surface area contributed by atoms with E-state index in [2.05, 4.69) is 39.2 Å². The van der Waals surface area contributed by atoms with Gasteiger partial charge in [0.1, 0.15) is 0 Å². The van der Waals surface area contributed by atoms with Crippen molar-refractivity contribution >= 4 is 28.4 Å². The number of para-hydroxylation sites is 1. The largest absolute Gasteiger partial charge is 0.348 e. The van der Waals surface area contributed by atoms with Crippen LogP contribution in [0.2, 0.25) is 0 Å². The van der Waals surface area contributed by atoms with Crippen LogP contribution in [0.3, 0.4) is 0 Å². The first-order valence-electron chi connectivity index (χ1n) is 13.0. The van der Waals surface area contributed by atoms with Crippen molar-refractivity contribution < 1.29 is 4.79 Å². The van der Waals surface area contributed by atoms with Crippen LogP contribution in [-0.4, -0.2) is 25.7 Å².